The number of fused-ring (bicyclic) bond motifs is 1. The summed E-state index contributed by atoms with van der Waals surface area (Å²) in [5.41, 5.74) is 5.48. The van der Waals surface area contributed by atoms with E-state index >= 15 is 0 Å². The van der Waals surface area contributed by atoms with Gasteiger partial charge in [-0.3, -0.25) is 0 Å². The maximum Gasteiger partial charge on any atom is 0.119 e. The fourth-order valence-corrected chi connectivity index (χ4v) is 3.01. The summed E-state index contributed by atoms with van der Waals surface area (Å²) in [6.45, 7) is 2.24. The Bertz CT molecular complexity index is 621. The molecule has 0 bridgehead atoms. The Morgan fingerprint density at radius 1 is 1.19 bits per heavy atom. The van der Waals surface area contributed by atoms with Crippen LogP contribution in [0.1, 0.15) is 42.5 Å². The molecule has 0 fully saturated rings. The highest BCUT2D eigenvalue weighted by Crippen LogP contribution is 2.35. The van der Waals surface area contributed by atoms with Crippen molar-refractivity contribution in [3.05, 3.63) is 59.2 Å². The average molecular weight is 281 g/mol. The van der Waals surface area contributed by atoms with Crippen molar-refractivity contribution in [3.63, 3.8) is 0 Å². The van der Waals surface area contributed by atoms with E-state index in [9.17, 15) is 0 Å². The summed E-state index contributed by atoms with van der Waals surface area (Å²) in [6, 6.07) is 15.6. The molecule has 110 valence electrons. The summed E-state index contributed by atoms with van der Waals surface area (Å²) in [7, 11) is 1.72. The van der Waals surface area contributed by atoms with Crippen molar-refractivity contribution in [2.75, 3.05) is 12.4 Å². The van der Waals surface area contributed by atoms with E-state index < -0.39 is 0 Å². The first-order valence-corrected chi connectivity index (χ1v) is 7.82. The molecule has 1 heterocycles. The van der Waals surface area contributed by atoms with Gasteiger partial charge in [0.1, 0.15) is 5.75 Å². The Morgan fingerprint density at radius 3 is 2.90 bits per heavy atom. The minimum Gasteiger partial charge on any atom is -0.497 e. The predicted molar refractivity (Wildman–Crippen MR) is 88.1 cm³/mol. The van der Waals surface area contributed by atoms with E-state index in [1.807, 2.05) is 6.07 Å². The topological polar surface area (TPSA) is 21.3 Å². The van der Waals surface area contributed by atoms with Crippen molar-refractivity contribution in [2.45, 2.75) is 38.6 Å². The second-order valence-corrected chi connectivity index (χ2v) is 5.77. The Morgan fingerprint density at radius 2 is 2.10 bits per heavy atom. The van der Waals surface area contributed by atoms with E-state index in [0.717, 1.165) is 12.2 Å². The van der Waals surface area contributed by atoms with Gasteiger partial charge in [-0.1, -0.05) is 37.6 Å². The Hall–Kier alpha value is -1.96. The lowest BCUT2D eigenvalue weighted by Gasteiger charge is -2.12. The minimum absolute atomic E-state index is 0.358. The standard InChI is InChI=1S/C19H23NO/c1-3-4-6-14-9-10-18-16(11-14)13-19(20-18)15-7-5-8-17(12-15)21-2/h5,7-12,19-20H,3-4,6,13H2,1-2H3. The molecule has 0 aromatic heterocycles. The van der Waals surface area contributed by atoms with Crippen LogP contribution in [0, 0.1) is 0 Å². The van der Waals surface area contributed by atoms with Crippen LogP contribution in [0.15, 0.2) is 42.5 Å². The third-order valence-corrected chi connectivity index (χ3v) is 4.24. The zero-order chi connectivity index (χ0) is 14.7. The van der Waals surface area contributed by atoms with E-state index in [4.69, 9.17) is 4.74 Å². The molecule has 1 aliphatic rings. The van der Waals surface area contributed by atoms with Crippen molar-refractivity contribution >= 4 is 5.69 Å². The smallest absolute Gasteiger partial charge is 0.119 e. The Kier molecular flexibility index (Phi) is 4.14. The lowest BCUT2D eigenvalue weighted by atomic mass is 10.00. The Balaban J connectivity index is 1.77. The third kappa shape index (κ3) is 3.05. The van der Waals surface area contributed by atoms with Gasteiger partial charge in [-0.2, -0.15) is 0 Å². The summed E-state index contributed by atoms with van der Waals surface area (Å²) in [5.74, 6) is 0.925. The van der Waals surface area contributed by atoms with Crippen LogP contribution in [0.4, 0.5) is 5.69 Å². The maximum absolute atomic E-state index is 5.33. The van der Waals surface area contributed by atoms with Gasteiger partial charge in [0.05, 0.1) is 13.2 Å². The molecule has 0 saturated carbocycles. The normalized spacial score (nSPS) is 16.4. The number of benzene rings is 2. The van der Waals surface area contributed by atoms with Crippen molar-refractivity contribution in [2.24, 2.45) is 0 Å². The largest absolute Gasteiger partial charge is 0.497 e. The number of rotatable bonds is 5. The summed E-state index contributed by atoms with van der Waals surface area (Å²) in [4.78, 5) is 0. The van der Waals surface area contributed by atoms with E-state index in [1.165, 1.54) is 41.6 Å². The van der Waals surface area contributed by atoms with Crippen LogP contribution >= 0.6 is 0 Å². The molecule has 0 saturated heterocycles. The highest BCUT2D eigenvalue weighted by Gasteiger charge is 2.22. The SMILES string of the molecule is CCCCc1ccc2c(c1)CC(c1cccc(OC)c1)N2. The van der Waals surface area contributed by atoms with Crippen molar-refractivity contribution < 1.29 is 4.74 Å². The fourth-order valence-electron chi connectivity index (χ4n) is 3.01. The quantitative estimate of drug-likeness (QED) is 0.854. The zero-order valence-electron chi connectivity index (χ0n) is 12.9. The monoisotopic (exact) mass is 281 g/mol. The Labute approximate surface area is 127 Å². The first kappa shape index (κ1) is 14.0. The van der Waals surface area contributed by atoms with Crippen LogP contribution < -0.4 is 10.1 Å². The number of ether oxygens (including phenoxy) is 1. The molecule has 2 aromatic rings. The molecular weight excluding hydrogens is 258 g/mol. The minimum atomic E-state index is 0.358. The fraction of sp³-hybridized carbons (Fsp3) is 0.368. The van der Waals surface area contributed by atoms with E-state index in [-0.39, 0.29) is 0 Å². The van der Waals surface area contributed by atoms with Gasteiger partial charge in [-0.15, -0.1) is 0 Å². The molecule has 1 N–H and O–H groups in total. The number of methoxy groups -OCH3 is 1. The molecule has 2 heteroatoms. The van der Waals surface area contributed by atoms with Crippen LogP contribution in [0.2, 0.25) is 0 Å². The van der Waals surface area contributed by atoms with Crippen LogP contribution in [-0.2, 0) is 12.8 Å². The first-order valence-electron chi connectivity index (χ1n) is 7.82. The van der Waals surface area contributed by atoms with Crippen molar-refractivity contribution in [1.29, 1.82) is 0 Å². The first-order chi connectivity index (χ1) is 10.3. The lowest BCUT2D eigenvalue weighted by molar-refractivity contribution is 0.414. The summed E-state index contributed by atoms with van der Waals surface area (Å²) >= 11 is 0. The van der Waals surface area contributed by atoms with Gasteiger partial charge < -0.3 is 10.1 Å². The van der Waals surface area contributed by atoms with Crippen LogP contribution in [0.5, 0.6) is 5.75 Å². The molecule has 0 aliphatic carbocycles. The molecule has 0 amide bonds. The van der Waals surface area contributed by atoms with E-state index in [0.29, 0.717) is 6.04 Å². The highest BCUT2D eigenvalue weighted by molar-refractivity contribution is 5.59. The van der Waals surface area contributed by atoms with Gasteiger partial charge in [0.25, 0.3) is 0 Å². The molecule has 3 rings (SSSR count). The molecule has 1 unspecified atom stereocenters. The maximum atomic E-state index is 5.33. The number of hydrogen-bond acceptors (Lipinski definition) is 2. The molecule has 2 aromatic carbocycles. The van der Waals surface area contributed by atoms with Gasteiger partial charge in [0, 0.05) is 5.69 Å². The van der Waals surface area contributed by atoms with Crippen LogP contribution in [-0.4, -0.2) is 7.11 Å². The van der Waals surface area contributed by atoms with Crippen LogP contribution in [0.25, 0.3) is 0 Å². The number of anilines is 1. The number of hydrogen-bond donors (Lipinski definition) is 1. The molecule has 0 spiro atoms. The predicted octanol–water partition coefficient (Wildman–Crippen LogP) is 4.75. The van der Waals surface area contributed by atoms with Gasteiger partial charge in [0.15, 0.2) is 0 Å². The number of aryl methyl sites for hydroxylation is 1. The molecular formula is C19H23NO. The molecule has 21 heavy (non-hydrogen) atoms. The summed E-state index contributed by atoms with van der Waals surface area (Å²) in [6.07, 6.45) is 4.77. The third-order valence-electron chi connectivity index (χ3n) is 4.24. The van der Waals surface area contributed by atoms with E-state index in [2.05, 4.69) is 48.6 Å². The van der Waals surface area contributed by atoms with Crippen molar-refractivity contribution in [1.82, 2.24) is 0 Å². The van der Waals surface area contributed by atoms with Crippen LogP contribution in [0.3, 0.4) is 0 Å². The van der Waals surface area contributed by atoms with E-state index in [1.54, 1.807) is 7.11 Å². The number of nitrogens with one attached hydrogen (secondary N) is 1. The molecule has 1 atom stereocenters. The second kappa shape index (κ2) is 6.21. The second-order valence-electron chi connectivity index (χ2n) is 5.77. The van der Waals surface area contributed by atoms with Gasteiger partial charge in [-0.25, -0.2) is 0 Å². The molecule has 2 nitrogen and oxygen atoms in total. The number of unbranched alkanes of at least 4 members (excludes halogenated alkanes) is 1. The molecule has 0 radical (unpaired) electrons. The van der Waals surface area contributed by atoms with Gasteiger partial charge >= 0.3 is 0 Å². The average Bonchev–Trinajstić information content (AvgIpc) is 2.96. The summed E-state index contributed by atoms with van der Waals surface area (Å²) in [5, 5.41) is 3.63. The van der Waals surface area contributed by atoms with Crippen molar-refractivity contribution in [3.8, 4) is 5.75 Å². The lowest BCUT2D eigenvalue weighted by Crippen LogP contribution is -2.05. The molecule has 1 aliphatic heterocycles. The highest BCUT2D eigenvalue weighted by atomic mass is 16.5. The zero-order valence-corrected chi connectivity index (χ0v) is 12.9. The van der Waals surface area contributed by atoms with Gasteiger partial charge in [-0.05, 0) is 54.2 Å². The van der Waals surface area contributed by atoms with Gasteiger partial charge in [0.2, 0.25) is 0 Å². The summed E-state index contributed by atoms with van der Waals surface area (Å²) < 4.78 is 5.33.